The molecule has 2 aromatic rings. The molecule has 0 radical (unpaired) electrons. The third-order valence-electron chi connectivity index (χ3n) is 3.11. The third-order valence-corrected chi connectivity index (χ3v) is 3.34. The van der Waals surface area contributed by atoms with Gasteiger partial charge in [-0.05, 0) is 38.5 Å². The Morgan fingerprint density at radius 2 is 2.10 bits per heavy atom. The maximum atomic E-state index is 11.9. The number of amides is 1. The quantitative estimate of drug-likeness (QED) is 0.891. The van der Waals surface area contributed by atoms with Crippen LogP contribution >= 0.6 is 11.6 Å². The Balaban J connectivity index is 1.83. The van der Waals surface area contributed by atoms with Crippen LogP contribution in [0.15, 0.2) is 22.6 Å². The number of carbonyl (C=O) groups is 1. The van der Waals surface area contributed by atoms with Gasteiger partial charge in [-0.15, -0.1) is 0 Å². The first kappa shape index (κ1) is 15.5. The van der Waals surface area contributed by atoms with Crippen molar-refractivity contribution in [3.8, 4) is 0 Å². The standard InChI is InChI=1S/C15H18ClN3O2/c1-9-4-5-12(16)6-13(9)19-14(20)7-17-8-15-18-10(2)11(3)21-15/h4-6,17H,7-8H2,1-3H3,(H,19,20). The van der Waals surface area contributed by atoms with Crippen LogP contribution in [0, 0.1) is 20.8 Å². The van der Waals surface area contributed by atoms with Gasteiger partial charge in [0.15, 0.2) is 0 Å². The normalized spacial score (nSPS) is 10.7. The number of carbonyl (C=O) groups excluding carboxylic acids is 1. The van der Waals surface area contributed by atoms with Crippen molar-refractivity contribution in [1.82, 2.24) is 10.3 Å². The fraction of sp³-hybridized carbons (Fsp3) is 0.333. The Kier molecular flexibility index (Phi) is 4.98. The van der Waals surface area contributed by atoms with Gasteiger partial charge in [-0.1, -0.05) is 17.7 Å². The molecule has 0 aliphatic rings. The van der Waals surface area contributed by atoms with Gasteiger partial charge in [0.05, 0.1) is 18.8 Å². The van der Waals surface area contributed by atoms with Crippen LogP contribution in [0.1, 0.15) is 22.9 Å². The van der Waals surface area contributed by atoms with Crippen LogP contribution in [0.5, 0.6) is 0 Å². The van der Waals surface area contributed by atoms with Crippen LogP contribution in [-0.4, -0.2) is 17.4 Å². The lowest BCUT2D eigenvalue weighted by Gasteiger charge is -2.09. The predicted molar refractivity (Wildman–Crippen MR) is 82.5 cm³/mol. The van der Waals surface area contributed by atoms with Crippen LogP contribution in [-0.2, 0) is 11.3 Å². The minimum absolute atomic E-state index is 0.139. The van der Waals surface area contributed by atoms with E-state index in [4.69, 9.17) is 16.0 Å². The number of oxazole rings is 1. The summed E-state index contributed by atoms with van der Waals surface area (Å²) >= 11 is 5.91. The number of hydrogen-bond acceptors (Lipinski definition) is 4. The van der Waals surface area contributed by atoms with Crippen molar-refractivity contribution in [3.05, 3.63) is 46.1 Å². The first-order valence-corrected chi connectivity index (χ1v) is 7.03. The molecule has 2 N–H and O–H groups in total. The Morgan fingerprint density at radius 3 is 2.76 bits per heavy atom. The molecule has 0 aliphatic heterocycles. The van der Waals surface area contributed by atoms with Crippen molar-refractivity contribution >= 4 is 23.2 Å². The van der Waals surface area contributed by atoms with E-state index in [0.717, 1.165) is 22.7 Å². The molecule has 0 fully saturated rings. The van der Waals surface area contributed by atoms with Gasteiger partial charge in [0.1, 0.15) is 5.76 Å². The molecule has 0 saturated carbocycles. The molecule has 0 atom stereocenters. The highest BCUT2D eigenvalue weighted by Crippen LogP contribution is 2.19. The van der Waals surface area contributed by atoms with Gasteiger partial charge in [0.2, 0.25) is 11.8 Å². The molecule has 5 nitrogen and oxygen atoms in total. The smallest absolute Gasteiger partial charge is 0.238 e. The molecule has 0 saturated heterocycles. The predicted octanol–water partition coefficient (Wildman–Crippen LogP) is 2.98. The summed E-state index contributed by atoms with van der Waals surface area (Å²) in [5, 5.41) is 6.40. The summed E-state index contributed by atoms with van der Waals surface area (Å²) in [6.45, 7) is 6.25. The molecule has 1 heterocycles. The number of rotatable bonds is 5. The average Bonchev–Trinajstić information content (AvgIpc) is 2.73. The molecule has 0 bridgehead atoms. The molecule has 1 amide bonds. The highest BCUT2D eigenvalue weighted by atomic mass is 35.5. The fourth-order valence-electron chi connectivity index (χ4n) is 1.82. The zero-order valence-electron chi connectivity index (χ0n) is 12.3. The lowest BCUT2D eigenvalue weighted by molar-refractivity contribution is -0.115. The van der Waals surface area contributed by atoms with Gasteiger partial charge in [-0.25, -0.2) is 4.98 Å². The van der Waals surface area contributed by atoms with Gasteiger partial charge in [-0.3, -0.25) is 10.1 Å². The van der Waals surface area contributed by atoms with Crippen molar-refractivity contribution in [2.45, 2.75) is 27.3 Å². The topological polar surface area (TPSA) is 67.2 Å². The summed E-state index contributed by atoms with van der Waals surface area (Å²) in [6, 6.07) is 5.39. The van der Waals surface area contributed by atoms with Crippen LogP contribution in [0.4, 0.5) is 5.69 Å². The first-order chi connectivity index (χ1) is 9.95. The fourth-order valence-corrected chi connectivity index (χ4v) is 1.99. The molecule has 1 aromatic carbocycles. The summed E-state index contributed by atoms with van der Waals surface area (Å²) in [4.78, 5) is 16.1. The zero-order valence-corrected chi connectivity index (χ0v) is 13.0. The van der Waals surface area contributed by atoms with Gasteiger partial charge < -0.3 is 9.73 Å². The molecule has 6 heteroatoms. The zero-order chi connectivity index (χ0) is 15.4. The minimum Gasteiger partial charge on any atom is -0.444 e. The van der Waals surface area contributed by atoms with Crippen molar-refractivity contribution in [1.29, 1.82) is 0 Å². The summed E-state index contributed by atoms with van der Waals surface area (Å²) < 4.78 is 5.43. The van der Waals surface area contributed by atoms with Crippen molar-refractivity contribution in [3.63, 3.8) is 0 Å². The van der Waals surface area contributed by atoms with Crippen molar-refractivity contribution in [2.75, 3.05) is 11.9 Å². The number of hydrogen-bond donors (Lipinski definition) is 2. The van der Waals surface area contributed by atoms with E-state index in [2.05, 4.69) is 15.6 Å². The maximum Gasteiger partial charge on any atom is 0.238 e. The third kappa shape index (κ3) is 4.31. The van der Waals surface area contributed by atoms with E-state index in [1.807, 2.05) is 26.8 Å². The van der Waals surface area contributed by atoms with Gasteiger partial charge in [0, 0.05) is 10.7 Å². The second-order valence-corrected chi connectivity index (χ2v) is 5.30. The summed E-state index contributed by atoms with van der Waals surface area (Å²) in [7, 11) is 0. The number of anilines is 1. The van der Waals surface area contributed by atoms with Crippen molar-refractivity contribution < 1.29 is 9.21 Å². The highest BCUT2D eigenvalue weighted by molar-refractivity contribution is 6.31. The molecule has 0 unspecified atom stereocenters. The lowest BCUT2D eigenvalue weighted by Crippen LogP contribution is -2.28. The molecular formula is C15H18ClN3O2. The van der Waals surface area contributed by atoms with Crippen LogP contribution in [0.2, 0.25) is 5.02 Å². The summed E-state index contributed by atoms with van der Waals surface area (Å²) in [6.07, 6.45) is 0. The van der Waals surface area contributed by atoms with Crippen LogP contribution in [0.3, 0.4) is 0 Å². The molecule has 21 heavy (non-hydrogen) atoms. The van der Waals surface area contributed by atoms with E-state index in [0.29, 0.717) is 17.5 Å². The minimum atomic E-state index is -0.139. The van der Waals surface area contributed by atoms with E-state index in [-0.39, 0.29) is 12.5 Å². The Morgan fingerprint density at radius 1 is 1.33 bits per heavy atom. The number of benzene rings is 1. The largest absolute Gasteiger partial charge is 0.444 e. The second-order valence-electron chi connectivity index (χ2n) is 4.86. The van der Waals surface area contributed by atoms with Gasteiger partial charge in [0.25, 0.3) is 0 Å². The molecule has 0 aliphatic carbocycles. The Hall–Kier alpha value is -1.85. The number of aromatic nitrogens is 1. The number of halogens is 1. The van der Waals surface area contributed by atoms with E-state index in [1.165, 1.54) is 0 Å². The SMILES string of the molecule is Cc1ccc(Cl)cc1NC(=O)CNCc1nc(C)c(C)o1. The maximum absolute atomic E-state index is 11.9. The molecular weight excluding hydrogens is 290 g/mol. The lowest BCUT2D eigenvalue weighted by atomic mass is 10.2. The summed E-state index contributed by atoms with van der Waals surface area (Å²) in [5.74, 6) is 1.24. The molecule has 2 rings (SSSR count). The monoisotopic (exact) mass is 307 g/mol. The van der Waals surface area contributed by atoms with Crippen LogP contribution in [0.25, 0.3) is 0 Å². The Bertz CT molecular complexity index is 633. The second kappa shape index (κ2) is 6.74. The summed E-state index contributed by atoms with van der Waals surface area (Å²) in [5.41, 5.74) is 2.55. The van der Waals surface area contributed by atoms with E-state index >= 15 is 0 Å². The van der Waals surface area contributed by atoms with Crippen LogP contribution < -0.4 is 10.6 Å². The molecule has 1 aromatic heterocycles. The molecule has 112 valence electrons. The van der Waals surface area contributed by atoms with Crippen molar-refractivity contribution in [2.24, 2.45) is 0 Å². The number of nitrogens with zero attached hydrogens (tertiary/aromatic N) is 1. The van der Waals surface area contributed by atoms with E-state index in [1.54, 1.807) is 12.1 Å². The average molecular weight is 308 g/mol. The van der Waals surface area contributed by atoms with Gasteiger partial charge >= 0.3 is 0 Å². The van der Waals surface area contributed by atoms with E-state index < -0.39 is 0 Å². The highest BCUT2D eigenvalue weighted by Gasteiger charge is 2.08. The van der Waals surface area contributed by atoms with E-state index in [9.17, 15) is 4.79 Å². The first-order valence-electron chi connectivity index (χ1n) is 6.65. The molecule has 0 spiro atoms. The number of aryl methyl sites for hydroxylation is 3. The van der Waals surface area contributed by atoms with Gasteiger partial charge in [-0.2, -0.15) is 0 Å². The number of nitrogens with one attached hydrogen (secondary N) is 2. The Labute approximate surface area is 128 Å².